The molecule has 1 aromatic rings. The molecule has 0 heterocycles. The van der Waals surface area contributed by atoms with Gasteiger partial charge < -0.3 is 0 Å². The van der Waals surface area contributed by atoms with Crippen LogP contribution in [0.5, 0.6) is 0 Å². The molecule has 1 nitrogen and oxygen atoms in total. The quantitative estimate of drug-likeness (QED) is 0.475. The molecule has 0 aliphatic heterocycles. The van der Waals surface area contributed by atoms with E-state index in [-0.39, 0.29) is 13.2 Å². The third kappa shape index (κ3) is 3.90. The standard InChI is InChI=1S/C26H37NP/c1-27(2)26(21-13-12-20-25(26)22-14-6-3-7-15-22)28(23-16-8-4-9-17-23)24-18-10-5-11-19-24/h3,6-7,12-15,20-21,23-24H,4-5,8-11,16-19H2,1-2H3. The first kappa shape index (κ1) is 20.4. The third-order valence-electron chi connectivity index (χ3n) is 7.20. The lowest BCUT2D eigenvalue weighted by Crippen LogP contribution is -2.49. The van der Waals surface area contributed by atoms with E-state index in [0.29, 0.717) is 0 Å². The highest BCUT2D eigenvalue weighted by molar-refractivity contribution is 7.61. The van der Waals surface area contributed by atoms with E-state index in [4.69, 9.17) is 0 Å². The Morgan fingerprint density at radius 2 is 1.36 bits per heavy atom. The molecule has 151 valence electrons. The second-order valence-corrected chi connectivity index (χ2v) is 12.1. The summed E-state index contributed by atoms with van der Waals surface area (Å²) in [5.41, 5.74) is 4.80. The van der Waals surface area contributed by atoms with E-state index < -0.39 is 0 Å². The Morgan fingerprint density at radius 3 is 1.89 bits per heavy atom. The molecule has 0 aromatic heterocycles. The maximum atomic E-state index is 2.59. The summed E-state index contributed by atoms with van der Waals surface area (Å²) in [7, 11) is 4.53. The Hall–Kier alpha value is -0.910. The zero-order valence-corrected chi connectivity index (χ0v) is 18.7. The second-order valence-electron chi connectivity index (χ2n) is 9.11. The average Bonchev–Trinajstić information content (AvgIpc) is 2.76. The zero-order valence-electron chi connectivity index (χ0n) is 17.8. The Balaban J connectivity index is 1.81. The van der Waals surface area contributed by atoms with Crippen LogP contribution in [0.2, 0.25) is 0 Å². The minimum absolute atomic E-state index is 0.0788. The van der Waals surface area contributed by atoms with E-state index >= 15 is 0 Å². The van der Waals surface area contributed by atoms with Gasteiger partial charge in [0.15, 0.2) is 0 Å². The monoisotopic (exact) mass is 394 g/mol. The first-order chi connectivity index (χ1) is 13.7. The maximum Gasteiger partial charge on any atom is 0.0734 e. The lowest BCUT2D eigenvalue weighted by Gasteiger charge is -2.55. The Kier molecular flexibility index (Phi) is 6.74. The van der Waals surface area contributed by atoms with Crippen LogP contribution in [0, 0.1) is 6.42 Å². The van der Waals surface area contributed by atoms with Crippen molar-refractivity contribution in [3.8, 4) is 0 Å². The van der Waals surface area contributed by atoms with Gasteiger partial charge in [-0.05, 0) is 62.2 Å². The molecule has 3 aliphatic carbocycles. The molecule has 0 bridgehead atoms. The summed E-state index contributed by atoms with van der Waals surface area (Å²) in [4.78, 5) is 2.59. The van der Waals surface area contributed by atoms with E-state index in [0.717, 1.165) is 11.3 Å². The van der Waals surface area contributed by atoms with Crippen LogP contribution in [0.15, 0.2) is 48.6 Å². The van der Waals surface area contributed by atoms with Crippen molar-refractivity contribution in [3.63, 3.8) is 0 Å². The van der Waals surface area contributed by atoms with Crippen LogP contribution in [0.1, 0.15) is 69.8 Å². The molecular formula is C26H37NP. The highest BCUT2D eigenvalue weighted by Crippen LogP contribution is 2.69. The van der Waals surface area contributed by atoms with Gasteiger partial charge >= 0.3 is 0 Å². The molecule has 0 saturated heterocycles. The number of hydrogen-bond acceptors (Lipinski definition) is 1. The number of nitrogens with zero attached hydrogens (tertiary/aromatic N) is 1. The van der Waals surface area contributed by atoms with Crippen molar-refractivity contribution < 1.29 is 0 Å². The fraction of sp³-hybridized carbons (Fsp3) is 0.577. The van der Waals surface area contributed by atoms with E-state index in [1.165, 1.54) is 69.8 Å². The van der Waals surface area contributed by atoms with Gasteiger partial charge in [0.05, 0.1) is 5.28 Å². The Morgan fingerprint density at radius 1 is 0.786 bits per heavy atom. The van der Waals surface area contributed by atoms with Crippen LogP contribution in [-0.2, 0) is 0 Å². The summed E-state index contributed by atoms with van der Waals surface area (Å²) >= 11 is 0. The highest BCUT2D eigenvalue weighted by Gasteiger charge is 2.50. The van der Waals surface area contributed by atoms with Crippen molar-refractivity contribution >= 4 is 13.5 Å². The van der Waals surface area contributed by atoms with Gasteiger partial charge in [0.1, 0.15) is 0 Å². The van der Waals surface area contributed by atoms with Crippen LogP contribution in [0.4, 0.5) is 0 Å². The summed E-state index contributed by atoms with van der Waals surface area (Å²) in [6, 6.07) is 11.2. The maximum absolute atomic E-state index is 2.59. The summed E-state index contributed by atoms with van der Waals surface area (Å²) in [5, 5.41) is 0.0788. The molecule has 0 N–H and O–H groups in total. The molecule has 1 radical (unpaired) electrons. The summed E-state index contributed by atoms with van der Waals surface area (Å²) < 4.78 is 0. The van der Waals surface area contributed by atoms with E-state index in [9.17, 15) is 0 Å². The summed E-state index contributed by atoms with van der Waals surface area (Å²) in [6.45, 7) is 0. The molecular weight excluding hydrogens is 357 g/mol. The van der Waals surface area contributed by atoms with Gasteiger partial charge in [-0.15, -0.1) is 0 Å². The van der Waals surface area contributed by atoms with E-state index in [2.05, 4.69) is 74.0 Å². The Bertz CT molecular complexity index is 662. The smallest absolute Gasteiger partial charge is 0.0734 e. The molecule has 0 amide bonds. The molecule has 1 unspecified atom stereocenters. The molecule has 1 atom stereocenters. The number of likely N-dealkylation sites (N-methyl/N-ethyl adjacent to an activating group) is 1. The van der Waals surface area contributed by atoms with Crippen molar-refractivity contribution in [3.05, 3.63) is 60.5 Å². The van der Waals surface area contributed by atoms with Crippen molar-refractivity contribution in [2.24, 2.45) is 0 Å². The van der Waals surface area contributed by atoms with Crippen LogP contribution in [-0.4, -0.2) is 35.6 Å². The summed E-state index contributed by atoms with van der Waals surface area (Å²) in [5.74, 6) is 0. The van der Waals surface area contributed by atoms with Crippen molar-refractivity contribution in [2.45, 2.75) is 80.8 Å². The predicted octanol–water partition coefficient (Wildman–Crippen LogP) is 7.25. The third-order valence-corrected chi connectivity index (χ3v) is 11.4. The number of rotatable bonds is 5. The van der Waals surface area contributed by atoms with Crippen molar-refractivity contribution in [2.75, 3.05) is 14.1 Å². The van der Waals surface area contributed by atoms with Crippen LogP contribution < -0.4 is 0 Å². The van der Waals surface area contributed by atoms with Gasteiger partial charge in [-0.25, -0.2) is 0 Å². The molecule has 2 fully saturated rings. The normalized spacial score (nSPS) is 27.4. The van der Waals surface area contributed by atoms with Gasteiger partial charge in [0, 0.05) is 6.42 Å². The SMILES string of the molecule is CN(C)C1(P(C2CCCCC2)C2CCCCC2)[CH]C=CC=C1c1ccccc1. The van der Waals surface area contributed by atoms with Crippen LogP contribution in [0.25, 0.3) is 5.57 Å². The van der Waals surface area contributed by atoms with Crippen LogP contribution >= 0.6 is 7.92 Å². The average molecular weight is 395 g/mol. The van der Waals surface area contributed by atoms with Crippen LogP contribution in [0.3, 0.4) is 0 Å². The molecule has 0 spiro atoms. The van der Waals surface area contributed by atoms with E-state index in [1.807, 2.05) is 0 Å². The number of allylic oxidation sites excluding steroid dienone is 2. The molecule has 4 rings (SSSR count). The van der Waals surface area contributed by atoms with E-state index in [1.54, 1.807) is 5.57 Å². The predicted molar refractivity (Wildman–Crippen MR) is 125 cm³/mol. The fourth-order valence-corrected chi connectivity index (χ4v) is 10.7. The van der Waals surface area contributed by atoms with Crippen molar-refractivity contribution in [1.82, 2.24) is 4.90 Å². The molecule has 3 aliphatic rings. The first-order valence-electron chi connectivity index (χ1n) is 11.5. The van der Waals surface area contributed by atoms with Gasteiger partial charge in [0.2, 0.25) is 0 Å². The number of hydrogen-bond donors (Lipinski definition) is 0. The van der Waals surface area contributed by atoms with Gasteiger partial charge in [-0.2, -0.15) is 0 Å². The van der Waals surface area contributed by atoms with Gasteiger partial charge in [-0.3, -0.25) is 4.90 Å². The second kappa shape index (κ2) is 9.27. The largest absolute Gasteiger partial charge is 0.296 e. The highest BCUT2D eigenvalue weighted by atomic mass is 31.1. The molecule has 2 saturated carbocycles. The summed E-state index contributed by atoms with van der Waals surface area (Å²) in [6.07, 6.45) is 24.1. The zero-order chi connectivity index (χ0) is 19.4. The lowest BCUT2D eigenvalue weighted by molar-refractivity contribution is 0.338. The number of benzene rings is 1. The van der Waals surface area contributed by atoms with Gasteiger partial charge in [-0.1, -0.05) is 95.0 Å². The van der Waals surface area contributed by atoms with Crippen molar-refractivity contribution in [1.29, 1.82) is 0 Å². The minimum atomic E-state index is -0.151. The Labute approximate surface area is 174 Å². The first-order valence-corrected chi connectivity index (χ1v) is 13.0. The molecule has 1 aromatic carbocycles. The molecule has 28 heavy (non-hydrogen) atoms. The topological polar surface area (TPSA) is 3.24 Å². The fourth-order valence-electron chi connectivity index (χ4n) is 5.90. The lowest BCUT2D eigenvalue weighted by atomic mass is 9.90. The minimum Gasteiger partial charge on any atom is -0.296 e. The van der Waals surface area contributed by atoms with Gasteiger partial charge in [0.25, 0.3) is 0 Å². The molecule has 2 heteroatoms.